The van der Waals surface area contributed by atoms with Crippen LogP contribution in [0.3, 0.4) is 0 Å². The molecule has 0 bridgehead atoms. The maximum Gasteiger partial charge on any atom is 0.256 e. The van der Waals surface area contributed by atoms with E-state index in [0.717, 1.165) is 17.7 Å². The largest absolute Gasteiger partial charge is 0.380 e. The van der Waals surface area contributed by atoms with Crippen LogP contribution in [0.2, 0.25) is 0 Å². The van der Waals surface area contributed by atoms with Gasteiger partial charge in [-0.15, -0.1) is 0 Å². The maximum absolute atomic E-state index is 11.9. The monoisotopic (exact) mass is 235 g/mol. The number of aliphatic hydroxyl groups is 1. The van der Waals surface area contributed by atoms with E-state index in [4.69, 9.17) is 0 Å². The predicted molar refractivity (Wildman–Crippen MR) is 70.1 cm³/mol. The summed E-state index contributed by atoms with van der Waals surface area (Å²) in [5, 5.41) is 12.7. The first-order valence-electron chi connectivity index (χ1n) is 5.98. The minimum absolute atomic E-state index is 0.345. The Labute approximate surface area is 103 Å². The van der Waals surface area contributed by atoms with Crippen LogP contribution >= 0.6 is 0 Å². The molecule has 1 amide bonds. The lowest BCUT2D eigenvalue weighted by Gasteiger charge is -2.21. The number of anilines is 1. The Kier molecular flexibility index (Phi) is 4.29. The van der Waals surface area contributed by atoms with Gasteiger partial charge in [0.05, 0.1) is 0 Å². The molecule has 0 aliphatic heterocycles. The molecular formula is C14H21NO2. The number of hydrogen-bond donors (Lipinski definition) is 2. The van der Waals surface area contributed by atoms with E-state index in [9.17, 15) is 9.90 Å². The molecule has 0 spiro atoms. The molecule has 0 radical (unpaired) electrons. The molecule has 1 rings (SSSR count). The summed E-state index contributed by atoms with van der Waals surface area (Å²) in [6, 6.07) is 5.72. The molecular weight excluding hydrogens is 214 g/mol. The SMILES string of the molecule is CCCC(C)(O)C(=O)Nc1ccc(C)c(C)c1. The van der Waals surface area contributed by atoms with Gasteiger partial charge in [-0.05, 0) is 50.5 Å². The Morgan fingerprint density at radius 2 is 2.00 bits per heavy atom. The molecule has 1 aromatic carbocycles. The molecule has 0 heterocycles. The minimum atomic E-state index is -1.30. The predicted octanol–water partition coefficient (Wildman–Crippen LogP) is 2.79. The van der Waals surface area contributed by atoms with Crippen molar-refractivity contribution in [3.8, 4) is 0 Å². The summed E-state index contributed by atoms with van der Waals surface area (Å²) >= 11 is 0. The van der Waals surface area contributed by atoms with E-state index < -0.39 is 5.60 Å². The Balaban J connectivity index is 2.77. The lowest BCUT2D eigenvalue weighted by molar-refractivity contribution is -0.133. The number of amides is 1. The zero-order valence-electron chi connectivity index (χ0n) is 11.0. The summed E-state index contributed by atoms with van der Waals surface area (Å²) in [6.45, 7) is 7.51. The van der Waals surface area contributed by atoms with Crippen molar-refractivity contribution in [2.75, 3.05) is 5.32 Å². The van der Waals surface area contributed by atoms with Gasteiger partial charge in [0.1, 0.15) is 5.60 Å². The van der Waals surface area contributed by atoms with Crippen LogP contribution in [0.25, 0.3) is 0 Å². The zero-order valence-corrected chi connectivity index (χ0v) is 11.0. The van der Waals surface area contributed by atoms with Crippen molar-refractivity contribution in [1.82, 2.24) is 0 Å². The number of nitrogens with one attached hydrogen (secondary N) is 1. The van der Waals surface area contributed by atoms with Crippen LogP contribution in [0.1, 0.15) is 37.8 Å². The molecule has 94 valence electrons. The van der Waals surface area contributed by atoms with Gasteiger partial charge in [-0.25, -0.2) is 0 Å². The fraction of sp³-hybridized carbons (Fsp3) is 0.500. The van der Waals surface area contributed by atoms with Crippen LogP contribution < -0.4 is 5.32 Å². The number of carbonyl (C=O) groups excluding carboxylic acids is 1. The fourth-order valence-electron chi connectivity index (χ4n) is 1.69. The van der Waals surface area contributed by atoms with Crippen LogP contribution in [0, 0.1) is 13.8 Å². The summed E-state index contributed by atoms with van der Waals surface area (Å²) in [6.07, 6.45) is 1.23. The molecule has 1 aromatic rings. The van der Waals surface area contributed by atoms with Gasteiger partial charge >= 0.3 is 0 Å². The van der Waals surface area contributed by atoms with Crippen molar-refractivity contribution in [3.05, 3.63) is 29.3 Å². The Hall–Kier alpha value is -1.35. The average molecular weight is 235 g/mol. The average Bonchev–Trinajstić information content (AvgIpc) is 2.23. The topological polar surface area (TPSA) is 49.3 Å². The van der Waals surface area contributed by atoms with Gasteiger partial charge < -0.3 is 10.4 Å². The van der Waals surface area contributed by atoms with Gasteiger partial charge in [0, 0.05) is 5.69 Å². The van der Waals surface area contributed by atoms with Crippen LogP contribution in [-0.2, 0) is 4.79 Å². The molecule has 0 aromatic heterocycles. The molecule has 1 unspecified atom stereocenters. The first kappa shape index (κ1) is 13.7. The second kappa shape index (κ2) is 5.32. The molecule has 0 saturated carbocycles. The molecule has 0 aliphatic carbocycles. The van der Waals surface area contributed by atoms with Gasteiger partial charge in [-0.2, -0.15) is 0 Å². The van der Waals surface area contributed by atoms with E-state index in [1.54, 1.807) is 6.92 Å². The number of benzene rings is 1. The third kappa shape index (κ3) is 3.56. The lowest BCUT2D eigenvalue weighted by atomic mass is 9.99. The molecule has 17 heavy (non-hydrogen) atoms. The standard InChI is InChI=1S/C14H21NO2/c1-5-8-14(4,17)13(16)15-12-7-6-10(2)11(3)9-12/h6-7,9,17H,5,8H2,1-4H3,(H,15,16). The van der Waals surface area contributed by atoms with E-state index in [1.165, 1.54) is 5.56 Å². The highest BCUT2D eigenvalue weighted by molar-refractivity contribution is 5.96. The fourth-order valence-corrected chi connectivity index (χ4v) is 1.69. The second-order valence-corrected chi connectivity index (χ2v) is 4.78. The van der Waals surface area contributed by atoms with Crippen LogP contribution in [0.15, 0.2) is 18.2 Å². The molecule has 3 heteroatoms. The Morgan fingerprint density at radius 1 is 1.35 bits per heavy atom. The molecule has 3 nitrogen and oxygen atoms in total. The third-order valence-corrected chi connectivity index (χ3v) is 2.99. The van der Waals surface area contributed by atoms with E-state index >= 15 is 0 Å². The molecule has 2 N–H and O–H groups in total. The van der Waals surface area contributed by atoms with Crippen molar-refractivity contribution in [1.29, 1.82) is 0 Å². The molecule has 0 aliphatic rings. The summed E-state index contributed by atoms with van der Waals surface area (Å²) < 4.78 is 0. The Morgan fingerprint density at radius 3 is 2.53 bits per heavy atom. The highest BCUT2D eigenvalue weighted by atomic mass is 16.3. The van der Waals surface area contributed by atoms with Crippen molar-refractivity contribution in [3.63, 3.8) is 0 Å². The number of aryl methyl sites for hydroxylation is 2. The van der Waals surface area contributed by atoms with Crippen LogP contribution in [0.5, 0.6) is 0 Å². The molecule has 0 fully saturated rings. The first-order valence-corrected chi connectivity index (χ1v) is 5.98. The minimum Gasteiger partial charge on any atom is -0.380 e. The van der Waals surface area contributed by atoms with Crippen molar-refractivity contribution in [2.24, 2.45) is 0 Å². The van der Waals surface area contributed by atoms with E-state index in [-0.39, 0.29) is 5.91 Å². The highest BCUT2D eigenvalue weighted by Crippen LogP contribution is 2.18. The van der Waals surface area contributed by atoms with E-state index in [1.807, 2.05) is 39.0 Å². The quantitative estimate of drug-likeness (QED) is 0.843. The van der Waals surface area contributed by atoms with E-state index in [0.29, 0.717) is 6.42 Å². The van der Waals surface area contributed by atoms with Gasteiger partial charge in [-0.3, -0.25) is 4.79 Å². The normalized spacial score (nSPS) is 14.2. The summed E-state index contributed by atoms with van der Waals surface area (Å²) in [7, 11) is 0. The van der Waals surface area contributed by atoms with Gasteiger partial charge in [-0.1, -0.05) is 19.4 Å². The van der Waals surface area contributed by atoms with Gasteiger partial charge in [0.25, 0.3) is 5.91 Å². The summed E-state index contributed by atoms with van der Waals surface area (Å²) in [5.41, 5.74) is 1.74. The van der Waals surface area contributed by atoms with Crippen LogP contribution in [-0.4, -0.2) is 16.6 Å². The van der Waals surface area contributed by atoms with Crippen molar-refractivity contribution < 1.29 is 9.90 Å². The number of carbonyl (C=O) groups is 1. The number of hydrogen-bond acceptors (Lipinski definition) is 2. The number of rotatable bonds is 4. The molecule has 0 saturated heterocycles. The van der Waals surface area contributed by atoms with Crippen molar-refractivity contribution >= 4 is 11.6 Å². The smallest absolute Gasteiger partial charge is 0.256 e. The first-order chi connectivity index (χ1) is 7.86. The Bertz CT molecular complexity index is 411. The van der Waals surface area contributed by atoms with E-state index in [2.05, 4.69) is 5.32 Å². The highest BCUT2D eigenvalue weighted by Gasteiger charge is 2.28. The lowest BCUT2D eigenvalue weighted by Crippen LogP contribution is -2.39. The van der Waals surface area contributed by atoms with Gasteiger partial charge in [0.2, 0.25) is 0 Å². The zero-order chi connectivity index (χ0) is 13.1. The van der Waals surface area contributed by atoms with Crippen molar-refractivity contribution in [2.45, 2.75) is 46.1 Å². The maximum atomic E-state index is 11.9. The summed E-state index contributed by atoms with van der Waals surface area (Å²) in [4.78, 5) is 11.9. The van der Waals surface area contributed by atoms with Crippen LogP contribution in [0.4, 0.5) is 5.69 Å². The van der Waals surface area contributed by atoms with Gasteiger partial charge in [0.15, 0.2) is 0 Å². The summed E-state index contributed by atoms with van der Waals surface area (Å²) in [5.74, 6) is -0.345. The molecule has 1 atom stereocenters. The third-order valence-electron chi connectivity index (χ3n) is 2.99. The second-order valence-electron chi connectivity index (χ2n) is 4.78.